The van der Waals surface area contributed by atoms with Crippen molar-refractivity contribution in [3.63, 3.8) is 0 Å². The molecular formula is C12H20N4. The molecule has 1 heterocycles. The first kappa shape index (κ1) is 11.2. The molecular weight excluding hydrogens is 200 g/mol. The van der Waals surface area contributed by atoms with Crippen LogP contribution >= 0.6 is 0 Å². The fourth-order valence-corrected chi connectivity index (χ4v) is 2.17. The zero-order valence-corrected chi connectivity index (χ0v) is 9.87. The highest BCUT2D eigenvalue weighted by Gasteiger charge is 2.13. The molecule has 2 N–H and O–H groups in total. The van der Waals surface area contributed by atoms with Crippen molar-refractivity contribution >= 4 is 11.6 Å². The van der Waals surface area contributed by atoms with E-state index in [0.29, 0.717) is 6.04 Å². The molecule has 2 rings (SSSR count). The Kier molecular flexibility index (Phi) is 3.97. The molecule has 1 fully saturated rings. The summed E-state index contributed by atoms with van der Waals surface area (Å²) < 4.78 is 0. The van der Waals surface area contributed by atoms with Gasteiger partial charge in [-0.3, -0.25) is 0 Å². The summed E-state index contributed by atoms with van der Waals surface area (Å²) in [5, 5.41) is 6.68. The molecule has 0 amide bonds. The Morgan fingerprint density at radius 3 is 2.69 bits per heavy atom. The van der Waals surface area contributed by atoms with E-state index < -0.39 is 0 Å². The smallest absolute Gasteiger partial charge is 0.131 e. The van der Waals surface area contributed by atoms with E-state index in [4.69, 9.17) is 0 Å². The van der Waals surface area contributed by atoms with Crippen molar-refractivity contribution in [3.05, 3.63) is 12.4 Å². The number of hydrogen-bond acceptors (Lipinski definition) is 4. The first-order valence-electron chi connectivity index (χ1n) is 6.21. The van der Waals surface area contributed by atoms with Gasteiger partial charge in [-0.25, -0.2) is 9.97 Å². The molecule has 88 valence electrons. The van der Waals surface area contributed by atoms with E-state index in [1.807, 2.05) is 6.07 Å². The summed E-state index contributed by atoms with van der Waals surface area (Å²) >= 11 is 0. The summed E-state index contributed by atoms with van der Waals surface area (Å²) in [7, 11) is 0. The molecule has 0 saturated heterocycles. The second-order valence-corrected chi connectivity index (χ2v) is 4.30. The maximum Gasteiger partial charge on any atom is 0.131 e. The number of nitrogens with zero attached hydrogens (tertiary/aromatic N) is 2. The standard InChI is InChI=1S/C12H20N4/c1-2-13-11-8-12(15-9-14-11)16-10-6-4-3-5-7-10/h8-10H,2-7H2,1H3,(H2,13,14,15,16). The molecule has 1 aliphatic carbocycles. The average molecular weight is 220 g/mol. The zero-order valence-electron chi connectivity index (χ0n) is 9.87. The van der Waals surface area contributed by atoms with Crippen LogP contribution in [0.4, 0.5) is 11.6 Å². The molecule has 4 nitrogen and oxygen atoms in total. The van der Waals surface area contributed by atoms with E-state index in [9.17, 15) is 0 Å². The molecule has 1 saturated carbocycles. The van der Waals surface area contributed by atoms with E-state index in [-0.39, 0.29) is 0 Å². The summed E-state index contributed by atoms with van der Waals surface area (Å²) in [5.74, 6) is 1.84. The van der Waals surface area contributed by atoms with E-state index in [1.54, 1.807) is 6.33 Å². The van der Waals surface area contributed by atoms with Gasteiger partial charge in [0.25, 0.3) is 0 Å². The van der Waals surface area contributed by atoms with Gasteiger partial charge in [0, 0.05) is 18.7 Å². The second kappa shape index (κ2) is 5.68. The Morgan fingerprint density at radius 2 is 1.94 bits per heavy atom. The van der Waals surface area contributed by atoms with Crippen molar-refractivity contribution in [2.24, 2.45) is 0 Å². The van der Waals surface area contributed by atoms with Crippen LogP contribution in [0.3, 0.4) is 0 Å². The summed E-state index contributed by atoms with van der Waals surface area (Å²) in [6.07, 6.45) is 8.19. The summed E-state index contributed by atoms with van der Waals surface area (Å²) in [5.41, 5.74) is 0. The lowest BCUT2D eigenvalue weighted by Gasteiger charge is -2.23. The molecule has 0 atom stereocenters. The number of aromatic nitrogens is 2. The van der Waals surface area contributed by atoms with Crippen molar-refractivity contribution in [2.75, 3.05) is 17.2 Å². The minimum atomic E-state index is 0.595. The lowest BCUT2D eigenvalue weighted by molar-refractivity contribution is 0.462. The molecule has 16 heavy (non-hydrogen) atoms. The maximum absolute atomic E-state index is 4.25. The maximum atomic E-state index is 4.25. The Hall–Kier alpha value is -1.32. The lowest BCUT2D eigenvalue weighted by Crippen LogP contribution is -2.22. The van der Waals surface area contributed by atoms with Gasteiger partial charge in [-0.1, -0.05) is 19.3 Å². The summed E-state index contributed by atoms with van der Waals surface area (Å²) in [4.78, 5) is 8.41. The highest BCUT2D eigenvalue weighted by Crippen LogP contribution is 2.21. The molecule has 4 heteroatoms. The van der Waals surface area contributed by atoms with Crippen molar-refractivity contribution < 1.29 is 0 Å². The van der Waals surface area contributed by atoms with Crippen LogP contribution < -0.4 is 10.6 Å². The molecule has 1 aromatic heterocycles. The minimum absolute atomic E-state index is 0.595. The van der Waals surface area contributed by atoms with E-state index in [1.165, 1.54) is 32.1 Å². The summed E-state index contributed by atoms with van der Waals surface area (Å²) in [6.45, 7) is 2.95. The van der Waals surface area contributed by atoms with Gasteiger partial charge in [-0.05, 0) is 19.8 Å². The SMILES string of the molecule is CCNc1cc(NC2CCCCC2)ncn1. The number of nitrogens with one attached hydrogen (secondary N) is 2. The third-order valence-corrected chi connectivity index (χ3v) is 2.98. The van der Waals surface area contributed by atoms with Crippen LogP contribution in [0, 0.1) is 0 Å². The lowest BCUT2D eigenvalue weighted by atomic mass is 9.95. The molecule has 0 bridgehead atoms. The van der Waals surface area contributed by atoms with Gasteiger partial charge in [0.15, 0.2) is 0 Å². The van der Waals surface area contributed by atoms with Crippen LogP contribution in [0.15, 0.2) is 12.4 Å². The van der Waals surface area contributed by atoms with Crippen molar-refractivity contribution in [1.29, 1.82) is 0 Å². The van der Waals surface area contributed by atoms with Gasteiger partial charge in [-0.2, -0.15) is 0 Å². The number of anilines is 2. The van der Waals surface area contributed by atoms with Crippen LogP contribution in [0.2, 0.25) is 0 Å². The molecule has 0 unspecified atom stereocenters. The van der Waals surface area contributed by atoms with Crippen molar-refractivity contribution in [3.8, 4) is 0 Å². The Morgan fingerprint density at radius 1 is 1.19 bits per heavy atom. The average Bonchev–Trinajstić information content (AvgIpc) is 2.31. The third-order valence-electron chi connectivity index (χ3n) is 2.98. The summed E-state index contributed by atoms with van der Waals surface area (Å²) in [6, 6.07) is 2.58. The quantitative estimate of drug-likeness (QED) is 0.819. The van der Waals surface area contributed by atoms with Gasteiger partial charge >= 0.3 is 0 Å². The van der Waals surface area contributed by atoms with Crippen LogP contribution in [0.25, 0.3) is 0 Å². The first-order chi connectivity index (χ1) is 7.88. The fraction of sp³-hybridized carbons (Fsp3) is 0.667. The van der Waals surface area contributed by atoms with Crippen LogP contribution in [0.5, 0.6) is 0 Å². The van der Waals surface area contributed by atoms with Gasteiger partial charge in [0.2, 0.25) is 0 Å². The van der Waals surface area contributed by atoms with Gasteiger partial charge in [0.05, 0.1) is 0 Å². The van der Waals surface area contributed by atoms with Crippen molar-refractivity contribution in [2.45, 2.75) is 45.1 Å². The van der Waals surface area contributed by atoms with Gasteiger partial charge < -0.3 is 10.6 Å². The van der Waals surface area contributed by atoms with Gasteiger partial charge in [-0.15, -0.1) is 0 Å². The van der Waals surface area contributed by atoms with E-state index in [0.717, 1.165) is 18.2 Å². The Balaban J connectivity index is 1.94. The van der Waals surface area contributed by atoms with Crippen LogP contribution in [-0.2, 0) is 0 Å². The first-order valence-corrected chi connectivity index (χ1v) is 6.21. The number of rotatable bonds is 4. The fourth-order valence-electron chi connectivity index (χ4n) is 2.17. The Labute approximate surface area is 96.9 Å². The number of hydrogen-bond donors (Lipinski definition) is 2. The van der Waals surface area contributed by atoms with E-state index in [2.05, 4.69) is 27.5 Å². The second-order valence-electron chi connectivity index (χ2n) is 4.30. The van der Waals surface area contributed by atoms with Crippen LogP contribution in [-0.4, -0.2) is 22.6 Å². The monoisotopic (exact) mass is 220 g/mol. The van der Waals surface area contributed by atoms with E-state index >= 15 is 0 Å². The van der Waals surface area contributed by atoms with Crippen LogP contribution in [0.1, 0.15) is 39.0 Å². The van der Waals surface area contributed by atoms with Crippen molar-refractivity contribution in [1.82, 2.24) is 9.97 Å². The largest absolute Gasteiger partial charge is 0.370 e. The molecule has 0 aromatic carbocycles. The normalized spacial score (nSPS) is 17.1. The third kappa shape index (κ3) is 3.08. The highest BCUT2D eigenvalue weighted by atomic mass is 15.1. The predicted molar refractivity (Wildman–Crippen MR) is 66.7 cm³/mol. The molecule has 0 spiro atoms. The molecule has 0 radical (unpaired) electrons. The van der Waals surface area contributed by atoms with Gasteiger partial charge in [0.1, 0.15) is 18.0 Å². The Bertz CT molecular complexity index is 321. The predicted octanol–water partition coefficient (Wildman–Crippen LogP) is 2.65. The molecule has 1 aromatic rings. The highest BCUT2D eigenvalue weighted by molar-refractivity contribution is 5.46. The zero-order chi connectivity index (χ0) is 11.2. The minimum Gasteiger partial charge on any atom is -0.370 e. The molecule has 0 aliphatic heterocycles. The topological polar surface area (TPSA) is 49.8 Å². The molecule has 1 aliphatic rings.